The standard InChI is InChI=1S/C19H19N3O5.ClH/c1-12(22-19(26)15-4-2-13(3-5-15)10-21-20)18(25)14-6-8-16(9-7-14)27-11-17(23)24;/h2-10,12H,11,20H2,1H3,(H,22,26)(H,23,24);1H/t12-;/m0./s1. The fourth-order valence-corrected chi connectivity index (χ4v) is 2.26. The number of carboxylic acid groups (broad SMARTS) is 1. The molecule has 0 unspecified atom stereocenters. The lowest BCUT2D eigenvalue weighted by molar-refractivity contribution is -0.139. The highest BCUT2D eigenvalue weighted by molar-refractivity contribution is 6.04. The summed E-state index contributed by atoms with van der Waals surface area (Å²) >= 11 is 0. The Morgan fingerprint density at radius 2 is 1.68 bits per heavy atom. The van der Waals surface area contributed by atoms with Gasteiger partial charge in [0, 0.05) is 11.1 Å². The van der Waals surface area contributed by atoms with Crippen molar-refractivity contribution in [1.82, 2.24) is 5.32 Å². The van der Waals surface area contributed by atoms with Gasteiger partial charge in [0.1, 0.15) is 5.75 Å². The number of hydrogen-bond donors (Lipinski definition) is 3. The number of carboxylic acids is 1. The molecule has 0 spiro atoms. The van der Waals surface area contributed by atoms with Gasteiger partial charge in [0.15, 0.2) is 12.4 Å². The van der Waals surface area contributed by atoms with Gasteiger partial charge in [-0.3, -0.25) is 9.59 Å². The molecule has 9 heteroatoms. The van der Waals surface area contributed by atoms with Gasteiger partial charge in [-0.2, -0.15) is 5.10 Å². The molecule has 0 saturated heterocycles. The monoisotopic (exact) mass is 405 g/mol. The second kappa shape index (κ2) is 10.7. The number of rotatable bonds is 8. The van der Waals surface area contributed by atoms with Gasteiger partial charge in [0.05, 0.1) is 12.3 Å². The molecular weight excluding hydrogens is 386 g/mol. The third-order valence-electron chi connectivity index (χ3n) is 3.64. The molecule has 0 saturated carbocycles. The lowest BCUT2D eigenvalue weighted by Gasteiger charge is -2.13. The van der Waals surface area contributed by atoms with Crippen LogP contribution in [0, 0.1) is 0 Å². The average molecular weight is 406 g/mol. The Bertz CT molecular complexity index is 851. The Kier molecular flexibility index (Phi) is 8.64. The van der Waals surface area contributed by atoms with Crippen molar-refractivity contribution < 1.29 is 24.2 Å². The number of ether oxygens (including phenoxy) is 1. The maximum Gasteiger partial charge on any atom is 0.341 e. The summed E-state index contributed by atoms with van der Waals surface area (Å²) in [5.41, 5.74) is 1.53. The molecule has 28 heavy (non-hydrogen) atoms. The van der Waals surface area contributed by atoms with Gasteiger partial charge in [-0.15, -0.1) is 12.4 Å². The van der Waals surface area contributed by atoms with Crippen LogP contribution in [0.25, 0.3) is 0 Å². The molecule has 4 N–H and O–H groups in total. The molecule has 1 amide bonds. The SMILES string of the molecule is C[C@H](NC(=O)c1ccc(C=NN)cc1)C(=O)c1ccc(OCC(=O)O)cc1.Cl. The third kappa shape index (κ3) is 6.40. The minimum absolute atomic E-state index is 0. The number of aliphatic carboxylic acids is 1. The first-order chi connectivity index (χ1) is 12.9. The molecule has 0 aliphatic heterocycles. The van der Waals surface area contributed by atoms with Crippen LogP contribution in [0.4, 0.5) is 0 Å². The number of ketones is 1. The highest BCUT2D eigenvalue weighted by Gasteiger charge is 2.18. The number of nitrogens with two attached hydrogens (primary N) is 1. The molecule has 0 heterocycles. The van der Waals surface area contributed by atoms with E-state index >= 15 is 0 Å². The number of amides is 1. The topological polar surface area (TPSA) is 131 Å². The summed E-state index contributed by atoms with van der Waals surface area (Å²) in [7, 11) is 0. The smallest absolute Gasteiger partial charge is 0.341 e. The molecule has 2 aromatic carbocycles. The zero-order chi connectivity index (χ0) is 19.8. The lowest BCUT2D eigenvalue weighted by atomic mass is 10.0. The molecule has 0 aromatic heterocycles. The van der Waals surface area contributed by atoms with Crippen LogP contribution in [0.3, 0.4) is 0 Å². The summed E-state index contributed by atoms with van der Waals surface area (Å²) in [4.78, 5) is 35.2. The van der Waals surface area contributed by atoms with Crippen LogP contribution in [0.15, 0.2) is 53.6 Å². The summed E-state index contributed by atoms with van der Waals surface area (Å²) in [5, 5.41) is 14.6. The van der Waals surface area contributed by atoms with Crippen molar-refractivity contribution in [2.75, 3.05) is 6.61 Å². The highest BCUT2D eigenvalue weighted by atomic mass is 35.5. The first kappa shape index (κ1) is 22.7. The van der Waals surface area contributed by atoms with E-state index in [2.05, 4.69) is 10.4 Å². The lowest BCUT2D eigenvalue weighted by Crippen LogP contribution is -2.38. The van der Waals surface area contributed by atoms with Crippen LogP contribution in [-0.2, 0) is 4.79 Å². The van der Waals surface area contributed by atoms with Gasteiger partial charge in [-0.05, 0) is 48.9 Å². The van der Waals surface area contributed by atoms with Gasteiger partial charge in [-0.25, -0.2) is 4.79 Å². The summed E-state index contributed by atoms with van der Waals surface area (Å²) < 4.78 is 5.01. The number of hydrazone groups is 1. The second-order valence-electron chi connectivity index (χ2n) is 5.67. The van der Waals surface area contributed by atoms with Crippen molar-refractivity contribution in [1.29, 1.82) is 0 Å². The van der Waals surface area contributed by atoms with Crippen molar-refractivity contribution in [3.8, 4) is 5.75 Å². The van der Waals surface area contributed by atoms with Gasteiger partial charge in [-0.1, -0.05) is 12.1 Å². The molecule has 0 radical (unpaired) electrons. The van der Waals surface area contributed by atoms with Gasteiger partial charge in [0.25, 0.3) is 5.91 Å². The van der Waals surface area contributed by atoms with E-state index in [0.29, 0.717) is 16.9 Å². The van der Waals surface area contributed by atoms with Crippen LogP contribution < -0.4 is 15.9 Å². The second-order valence-corrected chi connectivity index (χ2v) is 5.67. The van der Waals surface area contributed by atoms with Crippen molar-refractivity contribution in [2.24, 2.45) is 10.9 Å². The van der Waals surface area contributed by atoms with Crippen LogP contribution in [0.5, 0.6) is 5.75 Å². The van der Waals surface area contributed by atoms with E-state index in [0.717, 1.165) is 5.56 Å². The number of nitrogens with zero attached hydrogens (tertiary/aromatic N) is 1. The number of carbonyl (C=O) groups is 3. The Balaban J connectivity index is 0.00000392. The predicted octanol–water partition coefficient (Wildman–Crippen LogP) is 1.87. The number of nitrogens with one attached hydrogen (secondary N) is 1. The van der Waals surface area contributed by atoms with Crippen molar-refractivity contribution in [3.63, 3.8) is 0 Å². The van der Waals surface area contributed by atoms with E-state index in [1.807, 2.05) is 0 Å². The molecule has 2 aromatic rings. The normalized spacial score (nSPS) is 11.3. The van der Waals surface area contributed by atoms with E-state index in [1.165, 1.54) is 30.5 Å². The van der Waals surface area contributed by atoms with E-state index in [1.54, 1.807) is 31.2 Å². The minimum Gasteiger partial charge on any atom is -0.482 e. The van der Waals surface area contributed by atoms with Crippen molar-refractivity contribution >= 4 is 36.3 Å². The van der Waals surface area contributed by atoms with E-state index in [9.17, 15) is 14.4 Å². The summed E-state index contributed by atoms with van der Waals surface area (Å²) in [5.74, 6) is 3.66. The van der Waals surface area contributed by atoms with Crippen LogP contribution in [0.1, 0.15) is 33.2 Å². The predicted molar refractivity (Wildman–Crippen MR) is 106 cm³/mol. The Morgan fingerprint density at radius 1 is 1.11 bits per heavy atom. The quantitative estimate of drug-likeness (QED) is 0.266. The van der Waals surface area contributed by atoms with Crippen molar-refractivity contribution in [3.05, 3.63) is 65.2 Å². The average Bonchev–Trinajstić information content (AvgIpc) is 2.67. The number of halogens is 1. The Morgan fingerprint density at radius 3 is 2.21 bits per heavy atom. The first-order valence-corrected chi connectivity index (χ1v) is 8.03. The molecule has 0 bridgehead atoms. The Hall–Kier alpha value is -3.39. The first-order valence-electron chi connectivity index (χ1n) is 8.03. The molecule has 8 nitrogen and oxygen atoms in total. The van der Waals surface area contributed by atoms with Crippen LogP contribution >= 0.6 is 12.4 Å². The molecule has 0 fully saturated rings. The van der Waals surface area contributed by atoms with E-state index < -0.39 is 18.6 Å². The number of carbonyl (C=O) groups excluding carboxylic acids is 2. The van der Waals surface area contributed by atoms with Gasteiger partial charge >= 0.3 is 5.97 Å². The zero-order valence-electron chi connectivity index (χ0n) is 15.0. The fourth-order valence-electron chi connectivity index (χ4n) is 2.26. The van der Waals surface area contributed by atoms with Crippen LogP contribution in [-0.4, -0.2) is 41.6 Å². The van der Waals surface area contributed by atoms with Crippen LogP contribution in [0.2, 0.25) is 0 Å². The van der Waals surface area contributed by atoms with Gasteiger partial charge < -0.3 is 21.0 Å². The van der Waals surface area contributed by atoms with Gasteiger partial charge in [0.2, 0.25) is 0 Å². The largest absolute Gasteiger partial charge is 0.482 e. The molecule has 2 rings (SSSR count). The zero-order valence-corrected chi connectivity index (χ0v) is 15.8. The Labute approximate surface area is 167 Å². The summed E-state index contributed by atoms with van der Waals surface area (Å²) in [6.07, 6.45) is 1.46. The summed E-state index contributed by atoms with van der Waals surface area (Å²) in [6, 6.07) is 11.9. The molecule has 148 valence electrons. The fraction of sp³-hybridized carbons (Fsp3) is 0.158. The minimum atomic E-state index is -1.09. The number of Topliss-reactive ketones (excluding diaryl/α,β-unsaturated/α-hetero) is 1. The van der Waals surface area contributed by atoms with E-state index in [4.69, 9.17) is 15.7 Å². The summed E-state index contributed by atoms with van der Waals surface area (Å²) in [6.45, 7) is 1.13. The maximum absolute atomic E-state index is 12.4. The number of benzene rings is 2. The molecule has 0 aliphatic carbocycles. The number of hydrogen-bond acceptors (Lipinski definition) is 6. The molecular formula is C19H20ClN3O5. The maximum atomic E-state index is 12.4. The molecule has 1 atom stereocenters. The highest BCUT2D eigenvalue weighted by Crippen LogP contribution is 2.14. The molecule has 0 aliphatic rings. The third-order valence-corrected chi connectivity index (χ3v) is 3.64. The van der Waals surface area contributed by atoms with E-state index in [-0.39, 0.29) is 24.1 Å². The van der Waals surface area contributed by atoms with Crippen molar-refractivity contribution in [2.45, 2.75) is 13.0 Å².